The monoisotopic (exact) mass is 338 g/mol. The molecule has 3 aliphatic carbocycles. The van der Waals surface area contributed by atoms with E-state index in [9.17, 15) is 4.79 Å². The fourth-order valence-corrected chi connectivity index (χ4v) is 5.50. The summed E-state index contributed by atoms with van der Waals surface area (Å²) in [5, 5.41) is 7.83. The van der Waals surface area contributed by atoms with Crippen LogP contribution >= 0.6 is 0 Å². The van der Waals surface area contributed by atoms with Crippen LogP contribution in [0.2, 0.25) is 0 Å². The van der Waals surface area contributed by atoms with Gasteiger partial charge in [-0.25, -0.2) is 0 Å². The largest absolute Gasteiger partial charge is 0.346 e. The van der Waals surface area contributed by atoms with E-state index in [0.717, 1.165) is 30.0 Å². The maximum atomic E-state index is 13.2. The fraction of sp³-hybridized carbons (Fsp3) is 0.600. The molecule has 0 aromatic carbocycles. The number of carbonyl (C=O) groups excluding carboxylic acids is 1. The Balaban J connectivity index is 1.44. The molecule has 5 nitrogen and oxygen atoms in total. The predicted octanol–water partition coefficient (Wildman–Crippen LogP) is 3.30. The first kappa shape index (κ1) is 15.2. The number of nitrogens with zero attached hydrogens (tertiary/aromatic N) is 3. The van der Waals surface area contributed by atoms with Crippen LogP contribution in [-0.2, 0) is 7.05 Å². The van der Waals surface area contributed by atoms with Crippen molar-refractivity contribution in [1.82, 2.24) is 19.7 Å². The lowest BCUT2D eigenvalue weighted by molar-refractivity contribution is 0.0830. The molecule has 4 unspecified atom stereocenters. The number of nitrogens with one attached hydrogen (secondary N) is 1. The first-order valence-electron chi connectivity index (χ1n) is 9.61. The van der Waals surface area contributed by atoms with Gasteiger partial charge < -0.3 is 9.88 Å². The molecule has 3 fully saturated rings. The molecule has 2 aromatic rings. The van der Waals surface area contributed by atoms with Gasteiger partial charge >= 0.3 is 0 Å². The van der Waals surface area contributed by atoms with Crippen molar-refractivity contribution in [2.24, 2.45) is 24.8 Å². The molecule has 4 atom stereocenters. The molecule has 0 saturated heterocycles. The summed E-state index contributed by atoms with van der Waals surface area (Å²) in [6, 6.07) is 3.94. The summed E-state index contributed by atoms with van der Waals surface area (Å²) in [5.74, 6) is 3.47. The molecular formula is C20H26N4O. The molecule has 132 valence electrons. The second kappa shape index (κ2) is 5.48. The van der Waals surface area contributed by atoms with Gasteiger partial charge in [-0.2, -0.15) is 5.10 Å². The van der Waals surface area contributed by atoms with Crippen LogP contribution in [0.1, 0.15) is 55.3 Å². The number of fused-ring (bicyclic) bond motifs is 3. The van der Waals surface area contributed by atoms with E-state index in [1.165, 1.54) is 38.5 Å². The third kappa shape index (κ3) is 2.60. The molecule has 3 aliphatic rings. The number of hydrogen-bond donors (Lipinski definition) is 1. The number of carbonyl (C=O) groups is 1. The molecular weight excluding hydrogens is 312 g/mol. The molecule has 1 N–H and O–H groups in total. The van der Waals surface area contributed by atoms with Gasteiger partial charge in [0.25, 0.3) is 5.91 Å². The Morgan fingerprint density at radius 2 is 2.08 bits per heavy atom. The van der Waals surface area contributed by atoms with Gasteiger partial charge in [0.1, 0.15) is 11.4 Å². The highest BCUT2D eigenvalue weighted by molar-refractivity contribution is 5.97. The summed E-state index contributed by atoms with van der Waals surface area (Å²) in [7, 11) is 1.89. The standard InChI is InChI=1S/C20H26N4O/c1-23-19(24-7-2-3-8-24)17(13-21-23)18(25)22-20-6-4-5-14(11-20)9-15-10-16(15)12-20/h2-3,7-8,13-16H,4-6,9-12H2,1H3,(H,22,25). The van der Waals surface area contributed by atoms with Crippen molar-refractivity contribution in [3.63, 3.8) is 0 Å². The zero-order chi connectivity index (χ0) is 17.0. The van der Waals surface area contributed by atoms with E-state index in [2.05, 4.69) is 10.4 Å². The lowest BCUT2D eigenvalue weighted by Gasteiger charge is -2.41. The molecule has 0 radical (unpaired) electrons. The molecule has 1 amide bonds. The summed E-state index contributed by atoms with van der Waals surface area (Å²) in [6.07, 6.45) is 14.5. The highest BCUT2D eigenvalue weighted by Gasteiger charge is 2.51. The SMILES string of the molecule is Cn1ncc(C(=O)NC23CCCC(CC4CC4C2)C3)c1-n1cccc1. The van der Waals surface area contributed by atoms with Gasteiger partial charge in [0, 0.05) is 25.0 Å². The summed E-state index contributed by atoms with van der Waals surface area (Å²) < 4.78 is 3.74. The number of aromatic nitrogens is 3. The van der Waals surface area contributed by atoms with Gasteiger partial charge in [-0.1, -0.05) is 12.8 Å². The summed E-state index contributed by atoms with van der Waals surface area (Å²) >= 11 is 0. The van der Waals surface area contributed by atoms with Crippen LogP contribution in [0.25, 0.3) is 5.82 Å². The van der Waals surface area contributed by atoms with Gasteiger partial charge in [0.05, 0.1) is 6.20 Å². The summed E-state index contributed by atoms with van der Waals surface area (Å²) in [6.45, 7) is 0. The van der Waals surface area contributed by atoms with Crippen LogP contribution in [0.15, 0.2) is 30.7 Å². The van der Waals surface area contributed by atoms with Crippen molar-refractivity contribution in [1.29, 1.82) is 0 Å². The summed E-state index contributed by atoms with van der Waals surface area (Å²) in [4.78, 5) is 13.2. The average molecular weight is 338 g/mol. The molecule has 3 saturated carbocycles. The maximum Gasteiger partial charge on any atom is 0.257 e. The molecule has 5 rings (SSSR count). The molecule has 0 spiro atoms. The van der Waals surface area contributed by atoms with Crippen LogP contribution in [-0.4, -0.2) is 25.8 Å². The number of aryl methyl sites for hydroxylation is 1. The van der Waals surface area contributed by atoms with Crippen LogP contribution < -0.4 is 5.32 Å². The molecule has 2 heterocycles. The molecule has 2 bridgehead atoms. The third-order valence-electron chi connectivity index (χ3n) is 6.68. The minimum absolute atomic E-state index is 0.0136. The Labute approximate surface area is 148 Å². The van der Waals surface area contributed by atoms with Crippen LogP contribution in [0.5, 0.6) is 0 Å². The van der Waals surface area contributed by atoms with Crippen molar-refractivity contribution < 1.29 is 4.79 Å². The predicted molar refractivity (Wildman–Crippen MR) is 95.5 cm³/mol. The zero-order valence-corrected chi connectivity index (χ0v) is 14.8. The number of rotatable bonds is 3. The van der Waals surface area contributed by atoms with E-state index in [1.54, 1.807) is 10.9 Å². The van der Waals surface area contributed by atoms with Crippen LogP contribution in [0.3, 0.4) is 0 Å². The van der Waals surface area contributed by atoms with Crippen molar-refractivity contribution in [2.75, 3.05) is 0 Å². The van der Waals surface area contributed by atoms with Crippen LogP contribution in [0, 0.1) is 17.8 Å². The number of amides is 1. The highest BCUT2D eigenvalue weighted by atomic mass is 16.1. The molecule has 25 heavy (non-hydrogen) atoms. The second-order valence-electron chi connectivity index (χ2n) is 8.49. The zero-order valence-electron chi connectivity index (χ0n) is 14.8. The minimum atomic E-state index is 0.0136. The van der Waals surface area contributed by atoms with Crippen LogP contribution in [0.4, 0.5) is 0 Å². The normalized spacial score (nSPS) is 33.4. The molecule has 0 aliphatic heterocycles. The summed E-state index contributed by atoms with van der Waals surface area (Å²) in [5.41, 5.74) is 0.687. The van der Waals surface area contributed by atoms with Gasteiger partial charge in [0.15, 0.2) is 0 Å². The third-order valence-corrected chi connectivity index (χ3v) is 6.68. The van der Waals surface area contributed by atoms with Gasteiger partial charge in [-0.15, -0.1) is 0 Å². The average Bonchev–Trinajstić information content (AvgIpc) is 2.99. The van der Waals surface area contributed by atoms with Gasteiger partial charge in [-0.05, 0) is 62.0 Å². The first-order chi connectivity index (χ1) is 12.1. The number of hydrogen-bond acceptors (Lipinski definition) is 2. The highest BCUT2D eigenvalue weighted by Crippen LogP contribution is 2.56. The van der Waals surface area contributed by atoms with E-state index in [0.29, 0.717) is 5.56 Å². The quantitative estimate of drug-likeness (QED) is 0.933. The van der Waals surface area contributed by atoms with E-state index < -0.39 is 0 Å². The fourth-order valence-electron chi connectivity index (χ4n) is 5.50. The van der Waals surface area contributed by atoms with Crippen molar-refractivity contribution in [3.8, 4) is 5.82 Å². The Morgan fingerprint density at radius 3 is 2.92 bits per heavy atom. The van der Waals surface area contributed by atoms with Crippen molar-refractivity contribution in [3.05, 3.63) is 36.3 Å². The Hall–Kier alpha value is -2.04. The first-order valence-corrected chi connectivity index (χ1v) is 9.61. The van der Waals surface area contributed by atoms with E-state index >= 15 is 0 Å². The lowest BCUT2D eigenvalue weighted by atomic mass is 9.73. The molecule has 2 aromatic heterocycles. The van der Waals surface area contributed by atoms with E-state index in [-0.39, 0.29) is 11.4 Å². The molecule has 5 heteroatoms. The van der Waals surface area contributed by atoms with E-state index in [4.69, 9.17) is 0 Å². The van der Waals surface area contributed by atoms with E-state index in [1.807, 2.05) is 36.1 Å². The van der Waals surface area contributed by atoms with Gasteiger partial charge in [0.2, 0.25) is 0 Å². The lowest BCUT2D eigenvalue weighted by Crippen LogP contribution is -2.51. The Morgan fingerprint density at radius 1 is 1.24 bits per heavy atom. The van der Waals surface area contributed by atoms with Crippen molar-refractivity contribution >= 4 is 5.91 Å². The second-order valence-corrected chi connectivity index (χ2v) is 8.49. The maximum absolute atomic E-state index is 13.2. The topological polar surface area (TPSA) is 51.9 Å². The smallest absolute Gasteiger partial charge is 0.257 e. The Bertz CT molecular complexity index is 789. The Kier molecular flexibility index (Phi) is 3.34. The minimum Gasteiger partial charge on any atom is -0.346 e. The van der Waals surface area contributed by atoms with Crippen molar-refractivity contribution in [2.45, 2.75) is 50.5 Å². The van der Waals surface area contributed by atoms with Gasteiger partial charge in [-0.3, -0.25) is 9.48 Å².